The molecule has 0 aliphatic carbocycles. The molecule has 0 saturated heterocycles. The lowest BCUT2D eigenvalue weighted by Crippen LogP contribution is -2.26. The molecule has 152 valence electrons. The Labute approximate surface area is 181 Å². The van der Waals surface area contributed by atoms with Gasteiger partial charge in [0.2, 0.25) is 0 Å². The monoisotopic (exact) mass is 522 g/mol. The standard InChI is InChI=1S/C19H21ClFIN2O4/c1-12-9-13(22)3-4-17(12)23-18-11-16(21)15(20)10-14(18)19(25)24-28-8-7-27-6-5-26-2/h3-4,9-11,23H,5-8H2,1-2H3,(H,24,25). The van der Waals surface area contributed by atoms with Gasteiger partial charge in [0, 0.05) is 16.4 Å². The first kappa shape index (κ1) is 22.8. The Morgan fingerprint density at radius 3 is 2.61 bits per heavy atom. The molecule has 2 N–H and O–H groups in total. The topological polar surface area (TPSA) is 68.8 Å². The van der Waals surface area contributed by atoms with Gasteiger partial charge in [-0.05, 0) is 65.4 Å². The smallest absolute Gasteiger partial charge is 0.277 e. The predicted octanol–water partition coefficient (Wildman–Crippen LogP) is 4.46. The van der Waals surface area contributed by atoms with Crippen molar-refractivity contribution >= 4 is 51.5 Å². The summed E-state index contributed by atoms with van der Waals surface area (Å²) in [6.07, 6.45) is 0. The second-order valence-electron chi connectivity index (χ2n) is 5.78. The quantitative estimate of drug-likeness (QED) is 0.274. The minimum absolute atomic E-state index is 0.155. The molecule has 2 aromatic carbocycles. The van der Waals surface area contributed by atoms with Crippen LogP contribution in [0, 0.1) is 16.3 Å². The van der Waals surface area contributed by atoms with Crippen LogP contribution in [0.3, 0.4) is 0 Å². The number of rotatable bonds is 10. The fraction of sp³-hybridized carbons (Fsp3) is 0.316. The van der Waals surface area contributed by atoms with Crippen molar-refractivity contribution in [3.8, 4) is 0 Å². The molecular weight excluding hydrogens is 502 g/mol. The first-order chi connectivity index (χ1) is 13.4. The molecule has 0 spiro atoms. The first-order valence-electron chi connectivity index (χ1n) is 8.43. The Balaban J connectivity index is 2.06. The van der Waals surface area contributed by atoms with Gasteiger partial charge in [-0.25, -0.2) is 9.87 Å². The molecule has 0 aliphatic heterocycles. The summed E-state index contributed by atoms with van der Waals surface area (Å²) < 4.78 is 25.1. The summed E-state index contributed by atoms with van der Waals surface area (Å²) in [7, 11) is 1.58. The van der Waals surface area contributed by atoms with Crippen LogP contribution in [0.1, 0.15) is 15.9 Å². The van der Waals surface area contributed by atoms with E-state index in [1.54, 1.807) is 7.11 Å². The normalized spacial score (nSPS) is 10.8. The third kappa shape index (κ3) is 6.85. The van der Waals surface area contributed by atoms with Gasteiger partial charge < -0.3 is 14.8 Å². The Kier molecular flexibility index (Phi) is 9.39. The van der Waals surface area contributed by atoms with E-state index in [0.29, 0.717) is 19.8 Å². The molecule has 2 aromatic rings. The number of carbonyl (C=O) groups is 1. The third-order valence-corrected chi connectivity index (χ3v) is 4.65. The number of hydroxylamine groups is 1. The van der Waals surface area contributed by atoms with E-state index < -0.39 is 11.7 Å². The zero-order valence-corrected chi connectivity index (χ0v) is 18.4. The van der Waals surface area contributed by atoms with Gasteiger partial charge in [-0.1, -0.05) is 11.6 Å². The summed E-state index contributed by atoms with van der Waals surface area (Å²) in [4.78, 5) is 17.6. The summed E-state index contributed by atoms with van der Waals surface area (Å²) in [5, 5.41) is 2.93. The average Bonchev–Trinajstić information content (AvgIpc) is 2.65. The number of nitrogens with one attached hydrogen (secondary N) is 2. The van der Waals surface area contributed by atoms with Crippen molar-refractivity contribution in [2.24, 2.45) is 0 Å². The van der Waals surface area contributed by atoms with Crippen molar-refractivity contribution in [1.29, 1.82) is 0 Å². The van der Waals surface area contributed by atoms with Gasteiger partial charge in [0.15, 0.2) is 0 Å². The molecule has 0 radical (unpaired) electrons. The lowest BCUT2D eigenvalue weighted by Gasteiger charge is -2.15. The van der Waals surface area contributed by atoms with Gasteiger partial charge in [0.25, 0.3) is 5.91 Å². The lowest BCUT2D eigenvalue weighted by atomic mass is 10.1. The van der Waals surface area contributed by atoms with Gasteiger partial charge in [0.05, 0.1) is 42.7 Å². The number of anilines is 2. The molecule has 1 amide bonds. The number of aryl methyl sites for hydroxylation is 1. The number of halogens is 3. The van der Waals surface area contributed by atoms with E-state index in [0.717, 1.165) is 14.8 Å². The zero-order valence-electron chi connectivity index (χ0n) is 15.5. The Morgan fingerprint density at radius 1 is 1.14 bits per heavy atom. The molecule has 0 aliphatic rings. The summed E-state index contributed by atoms with van der Waals surface area (Å²) in [6, 6.07) is 8.19. The molecule has 0 bridgehead atoms. The predicted molar refractivity (Wildman–Crippen MR) is 115 cm³/mol. The second-order valence-corrected chi connectivity index (χ2v) is 7.43. The average molecular weight is 523 g/mol. The van der Waals surface area contributed by atoms with Gasteiger partial charge in [0.1, 0.15) is 5.82 Å². The highest BCUT2D eigenvalue weighted by atomic mass is 127. The van der Waals surface area contributed by atoms with E-state index in [9.17, 15) is 9.18 Å². The van der Waals surface area contributed by atoms with Crippen LogP contribution in [-0.2, 0) is 14.3 Å². The highest BCUT2D eigenvalue weighted by Gasteiger charge is 2.16. The van der Waals surface area contributed by atoms with Crippen LogP contribution in [0.4, 0.5) is 15.8 Å². The van der Waals surface area contributed by atoms with Gasteiger partial charge >= 0.3 is 0 Å². The lowest BCUT2D eigenvalue weighted by molar-refractivity contribution is -0.00935. The molecule has 0 heterocycles. The number of hydrogen-bond donors (Lipinski definition) is 2. The summed E-state index contributed by atoms with van der Waals surface area (Å²) in [5.74, 6) is -1.18. The van der Waals surface area contributed by atoms with Crippen LogP contribution >= 0.6 is 34.2 Å². The Hall–Kier alpha value is -1.46. The molecule has 0 fully saturated rings. The van der Waals surface area contributed by atoms with Crippen LogP contribution in [-0.4, -0.2) is 39.4 Å². The number of benzene rings is 2. The van der Waals surface area contributed by atoms with Crippen LogP contribution in [0.15, 0.2) is 30.3 Å². The number of ether oxygens (including phenoxy) is 2. The Bertz CT molecular complexity index is 823. The molecule has 0 unspecified atom stereocenters. The zero-order chi connectivity index (χ0) is 20.5. The molecule has 6 nitrogen and oxygen atoms in total. The van der Waals surface area contributed by atoms with Crippen LogP contribution < -0.4 is 10.8 Å². The molecular formula is C19H21ClFIN2O4. The summed E-state index contributed by atoms with van der Waals surface area (Å²) in [5.41, 5.74) is 4.46. The molecule has 0 atom stereocenters. The molecule has 28 heavy (non-hydrogen) atoms. The van der Waals surface area contributed by atoms with Crippen LogP contribution in [0.2, 0.25) is 5.02 Å². The molecule has 2 rings (SSSR count). The number of hydrogen-bond acceptors (Lipinski definition) is 5. The number of methoxy groups -OCH3 is 1. The van der Waals surface area contributed by atoms with E-state index in [-0.39, 0.29) is 22.9 Å². The highest BCUT2D eigenvalue weighted by Crippen LogP contribution is 2.29. The molecule has 0 saturated carbocycles. The van der Waals surface area contributed by atoms with Crippen molar-refractivity contribution in [3.63, 3.8) is 0 Å². The van der Waals surface area contributed by atoms with Gasteiger partial charge in [-0.3, -0.25) is 9.63 Å². The summed E-state index contributed by atoms with van der Waals surface area (Å²) >= 11 is 8.07. The highest BCUT2D eigenvalue weighted by molar-refractivity contribution is 14.1. The van der Waals surface area contributed by atoms with E-state index >= 15 is 0 Å². The fourth-order valence-corrected chi connectivity index (χ4v) is 3.08. The van der Waals surface area contributed by atoms with Crippen molar-refractivity contribution in [2.45, 2.75) is 6.92 Å². The van der Waals surface area contributed by atoms with Crippen molar-refractivity contribution in [1.82, 2.24) is 5.48 Å². The minimum Gasteiger partial charge on any atom is -0.382 e. The number of amides is 1. The van der Waals surface area contributed by atoms with E-state index in [1.807, 2.05) is 25.1 Å². The maximum atomic E-state index is 14.0. The molecule has 0 aromatic heterocycles. The van der Waals surface area contributed by atoms with Crippen molar-refractivity contribution in [3.05, 3.63) is 55.9 Å². The fourth-order valence-electron chi connectivity index (χ4n) is 2.27. The van der Waals surface area contributed by atoms with E-state index in [2.05, 4.69) is 33.4 Å². The summed E-state index contributed by atoms with van der Waals surface area (Å²) in [6.45, 7) is 3.28. The van der Waals surface area contributed by atoms with E-state index in [4.69, 9.17) is 25.9 Å². The Morgan fingerprint density at radius 2 is 1.89 bits per heavy atom. The third-order valence-electron chi connectivity index (χ3n) is 3.69. The number of carbonyl (C=O) groups excluding carboxylic acids is 1. The van der Waals surface area contributed by atoms with E-state index in [1.165, 1.54) is 12.1 Å². The van der Waals surface area contributed by atoms with Gasteiger partial charge in [-0.2, -0.15) is 0 Å². The molecule has 9 heteroatoms. The first-order valence-corrected chi connectivity index (χ1v) is 9.89. The van der Waals surface area contributed by atoms with Crippen LogP contribution in [0.25, 0.3) is 0 Å². The largest absolute Gasteiger partial charge is 0.382 e. The SMILES string of the molecule is COCCOCCONC(=O)c1cc(Cl)c(F)cc1Nc1ccc(I)cc1C. The second kappa shape index (κ2) is 11.5. The van der Waals surface area contributed by atoms with Crippen LogP contribution in [0.5, 0.6) is 0 Å². The van der Waals surface area contributed by atoms with Crippen molar-refractivity contribution < 1.29 is 23.5 Å². The maximum Gasteiger partial charge on any atom is 0.277 e. The minimum atomic E-state index is -0.628. The maximum absolute atomic E-state index is 14.0. The van der Waals surface area contributed by atoms with Gasteiger partial charge in [-0.15, -0.1) is 0 Å². The van der Waals surface area contributed by atoms with Crippen molar-refractivity contribution in [2.75, 3.05) is 38.9 Å².